The second-order valence-electron chi connectivity index (χ2n) is 13.8. The molecule has 4 aliphatic rings. The second-order valence-corrected chi connectivity index (χ2v) is 16.3. The minimum Gasteiger partial charge on any atom is -0.376 e. The van der Waals surface area contributed by atoms with E-state index in [9.17, 15) is 13.2 Å². The summed E-state index contributed by atoms with van der Waals surface area (Å²) in [6, 6.07) is 7.59. The molecule has 4 fully saturated rings. The molecule has 1 aromatic carbocycles. The minimum atomic E-state index is -3.19. The van der Waals surface area contributed by atoms with Crippen molar-refractivity contribution in [1.29, 1.82) is 0 Å². The van der Waals surface area contributed by atoms with Gasteiger partial charge in [0, 0.05) is 49.1 Å². The Morgan fingerprint density at radius 3 is 2.56 bits per heavy atom. The van der Waals surface area contributed by atoms with Gasteiger partial charge in [0.05, 0.1) is 17.4 Å². The smallest absolute Gasteiger partial charge is 0.214 e. The largest absolute Gasteiger partial charge is 0.376 e. The molecule has 7 nitrogen and oxygen atoms in total. The number of piperazine rings is 1. The number of fused-ring (bicyclic) bond motifs is 2. The first-order chi connectivity index (χ1) is 19.5. The van der Waals surface area contributed by atoms with E-state index >= 15 is 0 Å². The third kappa shape index (κ3) is 7.74. The molecule has 8 atom stereocenters. The number of nitrogens with two attached hydrogens (primary N) is 1. The van der Waals surface area contributed by atoms with E-state index in [1.54, 1.807) is 4.31 Å². The highest BCUT2D eigenvalue weighted by molar-refractivity contribution is 7.89. The van der Waals surface area contributed by atoms with Crippen LogP contribution in [0.4, 0.5) is 0 Å². The van der Waals surface area contributed by atoms with E-state index in [0.29, 0.717) is 36.4 Å². The number of hydrogen-bond donors (Lipinski definition) is 2. The zero-order valence-corrected chi connectivity index (χ0v) is 26.5. The van der Waals surface area contributed by atoms with Crippen LogP contribution in [0.5, 0.6) is 0 Å². The van der Waals surface area contributed by atoms with Crippen molar-refractivity contribution < 1.29 is 17.9 Å². The fourth-order valence-electron chi connectivity index (χ4n) is 8.22. The van der Waals surface area contributed by atoms with Crippen molar-refractivity contribution in [1.82, 2.24) is 9.62 Å². The predicted octanol–water partition coefficient (Wildman–Crippen LogP) is 5.27. The van der Waals surface area contributed by atoms with Gasteiger partial charge < -0.3 is 15.8 Å². The standard InChI is InChI=1S/C32H50ClN3O4S/c1-32(2)19-25(15-16-40-32)30(23-9-12-26(33)13-10-23)31(34)29(37)18-24-7-4-3-6-22(24)11-14-28-20-35-27-8-5-17-41(38,39)36(28)21-27/h9-10,12-13,22,24-25,27-28,30-31,35H,3-8,11,14-21,34H2,1-2H3/t22-,24-,25+,27-,28+,30+,31-/m1/s1. The molecule has 3 heterocycles. The van der Waals surface area contributed by atoms with E-state index in [-0.39, 0.29) is 41.1 Å². The molecule has 9 heteroatoms. The zero-order chi connectivity index (χ0) is 29.2. The fraction of sp³-hybridized carbons (Fsp3) is 0.781. The van der Waals surface area contributed by atoms with E-state index < -0.39 is 16.1 Å². The first-order valence-electron chi connectivity index (χ1n) is 15.9. The lowest BCUT2D eigenvalue weighted by molar-refractivity contribution is -0.124. The number of Topliss-reactive ketones (excluding diaryl/α,β-unsaturated/α-hetero) is 1. The first kappa shape index (κ1) is 31.4. The number of benzene rings is 1. The Balaban J connectivity index is 1.26. The third-order valence-electron chi connectivity index (χ3n) is 10.4. The van der Waals surface area contributed by atoms with E-state index in [1.165, 1.54) is 6.42 Å². The van der Waals surface area contributed by atoms with E-state index in [0.717, 1.165) is 69.9 Å². The van der Waals surface area contributed by atoms with Crippen LogP contribution in [-0.4, -0.2) is 67.7 Å². The van der Waals surface area contributed by atoms with Crippen LogP contribution in [-0.2, 0) is 19.6 Å². The summed E-state index contributed by atoms with van der Waals surface area (Å²) in [6.45, 7) is 6.25. The molecule has 0 radical (unpaired) electrons. The number of ketones is 1. The van der Waals surface area contributed by atoms with Crippen molar-refractivity contribution in [2.45, 2.75) is 114 Å². The van der Waals surface area contributed by atoms with E-state index in [4.69, 9.17) is 22.1 Å². The maximum atomic E-state index is 13.9. The Bertz CT molecular complexity index is 1140. The van der Waals surface area contributed by atoms with Gasteiger partial charge in [0.25, 0.3) is 0 Å². The monoisotopic (exact) mass is 607 g/mol. The summed E-state index contributed by atoms with van der Waals surface area (Å²) in [5.41, 5.74) is 7.75. The highest BCUT2D eigenvalue weighted by Gasteiger charge is 2.41. The number of ether oxygens (including phenoxy) is 1. The highest BCUT2D eigenvalue weighted by atomic mass is 35.5. The first-order valence-corrected chi connectivity index (χ1v) is 17.9. The molecule has 0 amide bonds. The van der Waals surface area contributed by atoms with Crippen LogP contribution in [0.2, 0.25) is 5.02 Å². The predicted molar refractivity (Wildman–Crippen MR) is 165 cm³/mol. The minimum absolute atomic E-state index is 0.0149. The summed E-state index contributed by atoms with van der Waals surface area (Å²) in [4.78, 5) is 13.9. The SMILES string of the molecule is CC1(C)C[C@@H]([C@H](c2ccc(Cl)cc2)[C@H](N)C(=O)C[C@H]2CCCC[C@@H]2CC[C@H]2CN[C@@H]3CCCS(=O)(=O)N2C3)CCO1. The Labute approximate surface area is 252 Å². The van der Waals surface area contributed by atoms with Gasteiger partial charge in [0.15, 0.2) is 0 Å². The van der Waals surface area contributed by atoms with Crippen molar-refractivity contribution in [3.8, 4) is 0 Å². The maximum absolute atomic E-state index is 13.9. The van der Waals surface area contributed by atoms with Gasteiger partial charge in [-0.25, -0.2) is 8.42 Å². The summed E-state index contributed by atoms with van der Waals surface area (Å²) >= 11 is 6.21. The van der Waals surface area contributed by atoms with Crippen LogP contribution < -0.4 is 11.1 Å². The molecule has 3 N–H and O–H groups in total. The Kier molecular flexibility index (Phi) is 10.2. The molecule has 1 aliphatic carbocycles. The maximum Gasteiger partial charge on any atom is 0.214 e. The average molecular weight is 608 g/mol. The van der Waals surface area contributed by atoms with Crippen LogP contribution in [0.1, 0.15) is 96.0 Å². The Morgan fingerprint density at radius 2 is 1.83 bits per heavy atom. The molecular weight excluding hydrogens is 558 g/mol. The fourth-order valence-corrected chi connectivity index (χ4v) is 10.2. The highest BCUT2D eigenvalue weighted by Crippen LogP contribution is 2.42. The van der Waals surface area contributed by atoms with Crippen LogP contribution in [0.15, 0.2) is 24.3 Å². The lowest BCUT2D eigenvalue weighted by Crippen LogP contribution is -2.57. The summed E-state index contributed by atoms with van der Waals surface area (Å²) in [5, 5.41) is 4.28. The second kappa shape index (κ2) is 13.3. The topological polar surface area (TPSA) is 102 Å². The van der Waals surface area contributed by atoms with Crippen LogP contribution in [0, 0.1) is 17.8 Å². The van der Waals surface area contributed by atoms with Gasteiger partial charge in [0.1, 0.15) is 5.78 Å². The number of rotatable bonds is 9. The van der Waals surface area contributed by atoms with Gasteiger partial charge >= 0.3 is 0 Å². The van der Waals surface area contributed by atoms with Crippen LogP contribution >= 0.6 is 11.6 Å². The third-order valence-corrected chi connectivity index (χ3v) is 12.6. The Hall–Kier alpha value is -1.03. The molecule has 3 aliphatic heterocycles. The van der Waals surface area contributed by atoms with Crippen molar-refractivity contribution in [3.63, 3.8) is 0 Å². The molecule has 41 heavy (non-hydrogen) atoms. The molecule has 0 aromatic heterocycles. The van der Waals surface area contributed by atoms with Crippen LogP contribution in [0.3, 0.4) is 0 Å². The molecule has 1 aromatic rings. The van der Waals surface area contributed by atoms with Gasteiger partial charge in [-0.15, -0.1) is 0 Å². The number of nitrogens with zero attached hydrogens (tertiary/aromatic N) is 1. The molecule has 1 unspecified atom stereocenters. The molecule has 3 saturated heterocycles. The van der Waals surface area contributed by atoms with Crippen molar-refractivity contribution in [2.24, 2.45) is 23.5 Å². The number of sulfonamides is 1. The van der Waals surface area contributed by atoms with Crippen molar-refractivity contribution in [2.75, 3.05) is 25.4 Å². The molecular formula is C32H50ClN3O4S. The normalized spacial score (nSPS) is 34.7. The van der Waals surface area contributed by atoms with Gasteiger partial charge in [-0.05, 0) is 94.2 Å². The number of hydrogen-bond acceptors (Lipinski definition) is 6. The number of carbonyl (C=O) groups is 1. The zero-order valence-electron chi connectivity index (χ0n) is 24.9. The Morgan fingerprint density at radius 1 is 1.10 bits per heavy atom. The average Bonchev–Trinajstić information content (AvgIpc) is 3.04. The summed E-state index contributed by atoms with van der Waals surface area (Å²) in [6.07, 6.45) is 10.2. The van der Waals surface area contributed by atoms with Crippen LogP contribution in [0.25, 0.3) is 0 Å². The van der Waals surface area contributed by atoms with Gasteiger partial charge in [-0.3, -0.25) is 4.79 Å². The molecule has 5 rings (SSSR count). The summed E-state index contributed by atoms with van der Waals surface area (Å²) < 4.78 is 33.7. The van der Waals surface area contributed by atoms with Crippen molar-refractivity contribution >= 4 is 27.4 Å². The van der Waals surface area contributed by atoms with E-state index in [2.05, 4.69) is 19.2 Å². The number of halogens is 1. The molecule has 2 bridgehead atoms. The number of nitrogens with one attached hydrogen (secondary N) is 1. The summed E-state index contributed by atoms with van der Waals surface area (Å²) in [7, 11) is -3.19. The lowest BCUT2D eigenvalue weighted by atomic mass is 9.70. The molecule has 1 saturated carbocycles. The van der Waals surface area contributed by atoms with Gasteiger partial charge in [-0.2, -0.15) is 4.31 Å². The number of carbonyl (C=O) groups excluding carboxylic acids is 1. The quantitative estimate of drug-likeness (QED) is 0.397. The molecule has 0 spiro atoms. The molecule has 230 valence electrons. The van der Waals surface area contributed by atoms with Gasteiger partial charge in [0.2, 0.25) is 10.0 Å². The summed E-state index contributed by atoms with van der Waals surface area (Å²) in [5.74, 6) is 1.36. The van der Waals surface area contributed by atoms with E-state index in [1.807, 2.05) is 24.3 Å². The van der Waals surface area contributed by atoms with Crippen molar-refractivity contribution in [3.05, 3.63) is 34.9 Å². The lowest BCUT2D eigenvalue weighted by Gasteiger charge is -2.41. The van der Waals surface area contributed by atoms with Gasteiger partial charge in [-0.1, -0.05) is 43.0 Å².